The zero-order valence-corrected chi connectivity index (χ0v) is 20.0. The van der Waals surface area contributed by atoms with Crippen LogP contribution in [0.4, 0.5) is 0 Å². The summed E-state index contributed by atoms with van der Waals surface area (Å²) < 4.78 is 56.2. The van der Waals surface area contributed by atoms with Crippen molar-refractivity contribution < 1.29 is 21.6 Å². The van der Waals surface area contributed by atoms with Gasteiger partial charge in [-0.1, -0.05) is 12.1 Å². The van der Waals surface area contributed by atoms with E-state index in [2.05, 4.69) is 4.72 Å². The standard InChI is InChI=1S/C20H26N4O5S3/c25-20(22-10-12-24(13-11-22)32(28,29)23-8-1-2-9-23)17-5-3-7-19(15-17)31(26,27)21-16-18-6-4-14-30-18/h3-7,14-15,21H,1-2,8-13,16H2. The zero-order valence-electron chi connectivity index (χ0n) is 17.5. The minimum Gasteiger partial charge on any atom is -0.336 e. The summed E-state index contributed by atoms with van der Waals surface area (Å²) >= 11 is 1.46. The quantitative estimate of drug-likeness (QED) is 0.620. The molecule has 9 nitrogen and oxygen atoms in total. The van der Waals surface area contributed by atoms with E-state index in [1.807, 2.05) is 17.5 Å². The molecule has 1 N–H and O–H groups in total. The summed E-state index contributed by atoms with van der Waals surface area (Å²) in [6.45, 7) is 2.26. The van der Waals surface area contributed by atoms with Crippen molar-refractivity contribution in [2.75, 3.05) is 39.3 Å². The first-order chi connectivity index (χ1) is 15.3. The smallest absolute Gasteiger partial charge is 0.282 e. The van der Waals surface area contributed by atoms with Gasteiger partial charge in [-0.15, -0.1) is 11.3 Å². The summed E-state index contributed by atoms with van der Waals surface area (Å²) in [6, 6.07) is 9.63. The van der Waals surface area contributed by atoms with Crippen LogP contribution in [0.5, 0.6) is 0 Å². The van der Waals surface area contributed by atoms with Crippen molar-refractivity contribution in [2.45, 2.75) is 24.3 Å². The van der Waals surface area contributed by atoms with Gasteiger partial charge < -0.3 is 4.90 Å². The second-order valence-electron chi connectivity index (χ2n) is 7.74. The Bertz CT molecular complexity index is 1150. The molecule has 174 valence electrons. The van der Waals surface area contributed by atoms with Crippen molar-refractivity contribution in [3.05, 3.63) is 52.2 Å². The summed E-state index contributed by atoms with van der Waals surface area (Å²) in [5, 5.41) is 1.87. The first-order valence-corrected chi connectivity index (χ1v) is 14.2. The van der Waals surface area contributed by atoms with E-state index in [4.69, 9.17) is 0 Å². The number of carbonyl (C=O) groups excluding carboxylic acids is 1. The maximum absolute atomic E-state index is 13.0. The average molecular weight is 499 g/mol. The molecule has 2 aliphatic heterocycles. The predicted molar refractivity (Wildman–Crippen MR) is 122 cm³/mol. The predicted octanol–water partition coefficient (Wildman–Crippen LogP) is 1.32. The number of sulfonamides is 1. The van der Waals surface area contributed by atoms with E-state index in [0.29, 0.717) is 13.1 Å². The van der Waals surface area contributed by atoms with Gasteiger partial charge in [0, 0.05) is 56.3 Å². The minimum absolute atomic E-state index is 0.0233. The van der Waals surface area contributed by atoms with Crippen LogP contribution in [0, 0.1) is 0 Å². The third-order valence-corrected chi connectivity index (χ3v) is 9.96. The van der Waals surface area contributed by atoms with Gasteiger partial charge >= 0.3 is 0 Å². The molecule has 2 aromatic rings. The van der Waals surface area contributed by atoms with Gasteiger partial charge in [-0.3, -0.25) is 4.79 Å². The van der Waals surface area contributed by atoms with Crippen molar-refractivity contribution >= 4 is 37.5 Å². The SMILES string of the molecule is O=C(c1cccc(S(=O)(=O)NCc2cccs2)c1)N1CCN(S(=O)(=O)N2CCCC2)CC1. The fourth-order valence-electron chi connectivity index (χ4n) is 3.85. The third-order valence-electron chi connectivity index (χ3n) is 5.65. The van der Waals surface area contributed by atoms with Gasteiger partial charge in [-0.05, 0) is 42.5 Å². The number of nitrogens with one attached hydrogen (secondary N) is 1. The zero-order chi connectivity index (χ0) is 22.8. The van der Waals surface area contributed by atoms with Gasteiger partial charge in [0.2, 0.25) is 10.0 Å². The molecule has 4 rings (SSSR count). The Balaban J connectivity index is 1.40. The average Bonchev–Trinajstić information content (AvgIpc) is 3.52. The van der Waals surface area contributed by atoms with Crippen LogP contribution in [0.25, 0.3) is 0 Å². The number of piperazine rings is 1. The van der Waals surface area contributed by atoms with Crippen LogP contribution in [0.2, 0.25) is 0 Å². The molecule has 0 radical (unpaired) electrons. The Kier molecular flexibility index (Phi) is 6.98. The lowest BCUT2D eigenvalue weighted by atomic mass is 10.2. The van der Waals surface area contributed by atoms with Crippen LogP contribution in [-0.2, 0) is 26.8 Å². The first kappa shape index (κ1) is 23.3. The number of thiophene rings is 1. The molecule has 3 heterocycles. The van der Waals surface area contributed by atoms with Gasteiger partial charge in [0.25, 0.3) is 16.1 Å². The Morgan fingerprint density at radius 3 is 2.25 bits per heavy atom. The Hall–Kier alpha value is -1.83. The highest BCUT2D eigenvalue weighted by Gasteiger charge is 2.34. The number of nitrogens with zero attached hydrogens (tertiary/aromatic N) is 3. The Labute approximate surface area is 192 Å². The molecule has 0 bridgehead atoms. The van der Waals surface area contributed by atoms with E-state index in [0.717, 1.165) is 17.7 Å². The maximum Gasteiger partial charge on any atom is 0.282 e. The highest BCUT2D eigenvalue weighted by Crippen LogP contribution is 2.20. The minimum atomic E-state index is -3.77. The van der Waals surface area contributed by atoms with Gasteiger partial charge in [-0.2, -0.15) is 17.0 Å². The second kappa shape index (κ2) is 9.57. The molecule has 0 spiro atoms. The molecule has 1 aromatic carbocycles. The molecule has 1 amide bonds. The molecule has 2 saturated heterocycles. The molecule has 0 saturated carbocycles. The molecule has 32 heavy (non-hydrogen) atoms. The van der Waals surface area contributed by atoms with Crippen molar-refractivity contribution in [2.24, 2.45) is 0 Å². The monoisotopic (exact) mass is 498 g/mol. The van der Waals surface area contributed by atoms with Crippen LogP contribution in [0.3, 0.4) is 0 Å². The third kappa shape index (κ3) is 5.05. The lowest BCUT2D eigenvalue weighted by molar-refractivity contribution is 0.0694. The molecular weight excluding hydrogens is 472 g/mol. The molecule has 1 aromatic heterocycles. The van der Waals surface area contributed by atoms with Crippen molar-refractivity contribution in [3.63, 3.8) is 0 Å². The van der Waals surface area contributed by atoms with Crippen LogP contribution >= 0.6 is 11.3 Å². The van der Waals surface area contributed by atoms with Gasteiger partial charge in [-0.25, -0.2) is 13.1 Å². The summed E-state index contributed by atoms with van der Waals surface area (Å²) in [7, 11) is -7.25. The molecular formula is C20H26N4O5S3. The summed E-state index contributed by atoms with van der Waals surface area (Å²) in [5.74, 6) is -0.307. The molecule has 0 aliphatic carbocycles. The normalized spacial score (nSPS) is 18.8. The fraction of sp³-hybridized carbons (Fsp3) is 0.450. The lowest BCUT2D eigenvalue weighted by Gasteiger charge is -2.35. The lowest BCUT2D eigenvalue weighted by Crippen LogP contribution is -2.53. The molecule has 2 fully saturated rings. The summed E-state index contributed by atoms with van der Waals surface area (Å²) in [6.07, 6.45) is 1.75. The van der Waals surface area contributed by atoms with Crippen LogP contribution in [0.1, 0.15) is 28.1 Å². The summed E-state index contributed by atoms with van der Waals surface area (Å²) in [4.78, 5) is 15.5. The van der Waals surface area contributed by atoms with Crippen molar-refractivity contribution in [1.29, 1.82) is 0 Å². The molecule has 0 atom stereocenters. The Morgan fingerprint density at radius 2 is 1.59 bits per heavy atom. The topological polar surface area (TPSA) is 107 Å². The summed E-state index contributed by atoms with van der Waals surface area (Å²) in [5.41, 5.74) is 0.264. The van der Waals surface area contributed by atoms with E-state index in [1.54, 1.807) is 17.0 Å². The van der Waals surface area contributed by atoms with Crippen LogP contribution in [0.15, 0.2) is 46.7 Å². The van der Waals surface area contributed by atoms with Crippen molar-refractivity contribution in [3.8, 4) is 0 Å². The fourth-order valence-corrected chi connectivity index (χ4v) is 7.30. The highest BCUT2D eigenvalue weighted by molar-refractivity contribution is 7.89. The number of hydrogen-bond acceptors (Lipinski definition) is 6. The van der Waals surface area contributed by atoms with Gasteiger partial charge in [0.1, 0.15) is 0 Å². The molecule has 12 heteroatoms. The Morgan fingerprint density at radius 1 is 0.906 bits per heavy atom. The molecule has 0 unspecified atom stereocenters. The maximum atomic E-state index is 13.0. The highest BCUT2D eigenvalue weighted by atomic mass is 32.2. The van der Waals surface area contributed by atoms with Gasteiger partial charge in [0.05, 0.1) is 4.90 Å². The number of benzene rings is 1. The number of rotatable bonds is 7. The second-order valence-corrected chi connectivity index (χ2v) is 12.5. The van der Waals surface area contributed by atoms with E-state index >= 15 is 0 Å². The van der Waals surface area contributed by atoms with E-state index in [-0.39, 0.29) is 49.1 Å². The van der Waals surface area contributed by atoms with Crippen LogP contribution in [-0.4, -0.2) is 75.5 Å². The number of hydrogen-bond donors (Lipinski definition) is 1. The largest absolute Gasteiger partial charge is 0.336 e. The first-order valence-electron chi connectivity index (χ1n) is 10.4. The number of carbonyl (C=O) groups is 1. The van der Waals surface area contributed by atoms with E-state index in [9.17, 15) is 21.6 Å². The van der Waals surface area contributed by atoms with Crippen molar-refractivity contribution in [1.82, 2.24) is 18.2 Å². The molecule has 2 aliphatic rings. The van der Waals surface area contributed by atoms with Gasteiger partial charge in [0.15, 0.2) is 0 Å². The van der Waals surface area contributed by atoms with Crippen LogP contribution < -0.4 is 4.72 Å². The van der Waals surface area contributed by atoms with E-state index < -0.39 is 20.2 Å². The number of amides is 1. The van der Waals surface area contributed by atoms with E-state index in [1.165, 1.54) is 32.1 Å².